The summed E-state index contributed by atoms with van der Waals surface area (Å²) in [6.07, 6.45) is 0. The van der Waals surface area contributed by atoms with Crippen molar-refractivity contribution >= 4 is 23.4 Å². The molecule has 0 atom stereocenters. The van der Waals surface area contributed by atoms with Crippen LogP contribution in [0.5, 0.6) is 5.75 Å². The maximum absolute atomic E-state index is 12.5. The molecule has 1 amide bonds. The van der Waals surface area contributed by atoms with E-state index >= 15 is 0 Å². The molecule has 0 radical (unpaired) electrons. The van der Waals surface area contributed by atoms with Crippen LogP contribution in [0.4, 0.5) is 5.69 Å². The Labute approximate surface area is 185 Å². The van der Waals surface area contributed by atoms with E-state index in [1.807, 2.05) is 73.0 Å². The minimum Gasteiger partial charge on any atom is -0.507 e. The number of aromatic nitrogens is 3. The number of hydrogen-bond acceptors (Lipinski definition) is 5. The lowest BCUT2D eigenvalue weighted by Crippen LogP contribution is -2.15. The first-order valence-corrected chi connectivity index (χ1v) is 10.8. The summed E-state index contributed by atoms with van der Waals surface area (Å²) in [7, 11) is 0. The summed E-state index contributed by atoms with van der Waals surface area (Å²) in [5.41, 5.74) is 4.36. The van der Waals surface area contributed by atoms with Crippen LogP contribution >= 0.6 is 11.8 Å². The van der Waals surface area contributed by atoms with Gasteiger partial charge in [-0.3, -0.25) is 9.36 Å². The number of rotatable bonds is 6. The Morgan fingerprint density at radius 3 is 2.42 bits per heavy atom. The Hall–Kier alpha value is -3.58. The summed E-state index contributed by atoms with van der Waals surface area (Å²) in [5.74, 6) is 0.696. The van der Waals surface area contributed by atoms with Crippen molar-refractivity contribution < 1.29 is 9.90 Å². The lowest BCUT2D eigenvalue weighted by atomic mass is 10.1. The number of para-hydroxylation sites is 2. The van der Waals surface area contributed by atoms with Crippen LogP contribution in [0.2, 0.25) is 0 Å². The van der Waals surface area contributed by atoms with Crippen LogP contribution in [0.1, 0.15) is 11.1 Å². The molecule has 0 aliphatic rings. The zero-order chi connectivity index (χ0) is 21.8. The molecule has 0 spiro atoms. The first-order valence-electron chi connectivity index (χ1n) is 9.82. The van der Waals surface area contributed by atoms with Crippen LogP contribution < -0.4 is 5.32 Å². The molecular weight excluding hydrogens is 408 g/mol. The largest absolute Gasteiger partial charge is 0.507 e. The number of carbonyl (C=O) groups is 1. The second kappa shape index (κ2) is 9.06. The van der Waals surface area contributed by atoms with Crippen LogP contribution in [0.15, 0.2) is 78.0 Å². The molecule has 7 heteroatoms. The van der Waals surface area contributed by atoms with Crippen molar-refractivity contribution in [1.82, 2.24) is 14.8 Å². The molecule has 6 nitrogen and oxygen atoms in total. The molecule has 0 saturated heterocycles. The first-order chi connectivity index (χ1) is 15.0. The van der Waals surface area contributed by atoms with Gasteiger partial charge in [0.25, 0.3) is 0 Å². The van der Waals surface area contributed by atoms with E-state index in [4.69, 9.17) is 0 Å². The highest BCUT2D eigenvalue weighted by atomic mass is 32.2. The normalized spacial score (nSPS) is 10.8. The minimum absolute atomic E-state index is 0.122. The van der Waals surface area contributed by atoms with Gasteiger partial charge in [-0.1, -0.05) is 59.8 Å². The molecule has 2 N–H and O–H groups in total. The summed E-state index contributed by atoms with van der Waals surface area (Å²) in [6.45, 7) is 3.97. The minimum atomic E-state index is -0.123. The van der Waals surface area contributed by atoms with E-state index in [9.17, 15) is 9.90 Å². The number of phenols is 1. The van der Waals surface area contributed by atoms with E-state index in [0.717, 1.165) is 22.5 Å². The number of thioether (sulfide) groups is 1. The van der Waals surface area contributed by atoms with E-state index in [1.165, 1.54) is 11.8 Å². The molecule has 4 rings (SSSR count). The highest BCUT2D eigenvalue weighted by molar-refractivity contribution is 7.99. The molecule has 0 bridgehead atoms. The van der Waals surface area contributed by atoms with Crippen LogP contribution in [0, 0.1) is 13.8 Å². The number of aromatic hydroxyl groups is 1. The fourth-order valence-corrected chi connectivity index (χ4v) is 3.91. The molecule has 0 unspecified atom stereocenters. The standard InChI is InChI=1S/C24H22N4O2S/c1-16-11-13-18(14-12-16)28-23(19-8-4-6-10-21(19)29)26-27-24(28)31-15-22(30)25-20-9-5-3-7-17(20)2/h3-14,29H,15H2,1-2H3,(H,25,30). The fraction of sp³-hybridized carbons (Fsp3) is 0.125. The molecule has 0 saturated carbocycles. The lowest BCUT2D eigenvalue weighted by Gasteiger charge is -2.12. The van der Waals surface area contributed by atoms with Crippen molar-refractivity contribution in [3.8, 4) is 22.8 Å². The number of nitrogens with one attached hydrogen (secondary N) is 1. The fourth-order valence-electron chi connectivity index (χ4n) is 3.16. The van der Waals surface area contributed by atoms with Crippen molar-refractivity contribution in [1.29, 1.82) is 0 Å². The Bertz CT molecular complexity index is 1220. The predicted octanol–water partition coefficient (Wildman–Crippen LogP) is 4.99. The highest BCUT2D eigenvalue weighted by Crippen LogP contribution is 2.32. The summed E-state index contributed by atoms with van der Waals surface area (Å²) < 4.78 is 1.86. The van der Waals surface area contributed by atoms with E-state index in [2.05, 4.69) is 15.5 Å². The monoisotopic (exact) mass is 430 g/mol. The molecule has 0 aliphatic carbocycles. The van der Waals surface area contributed by atoms with Crippen LogP contribution in [0.3, 0.4) is 0 Å². The third kappa shape index (κ3) is 4.62. The SMILES string of the molecule is Cc1ccc(-n2c(SCC(=O)Nc3ccccc3C)nnc2-c2ccccc2O)cc1. The maximum atomic E-state index is 12.5. The van der Waals surface area contributed by atoms with Gasteiger partial charge in [0, 0.05) is 11.4 Å². The van der Waals surface area contributed by atoms with Crippen molar-refractivity contribution in [2.45, 2.75) is 19.0 Å². The summed E-state index contributed by atoms with van der Waals surface area (Å²) >= 11 is 1.30. The Balaban J connectivity index is 1.63. The van der Waals surface area contributed by atoms with Gasteiger partial charge in [0.1, 0.15) is 5.75 Å². The van der Waals surface area contributed by atoms with Crippen LogP contribution in [-0.4, -0.2) is 31.5 Å². The van der Waals surface area contributed by atoms with Crippen LogP contribution in [-0.2, 0) is 4.79 Å². The maximum Gasteiger partial charge on any atom is 0.234 e. The number of amides is 1. The predicted molar refractivity (Wildman–Crippen MR) is 124 cm³/mol. The Kier molecular flexibility index (Phi) is 6.04. The third-order valence-electron chi connectivity index (χ3n) is 4.82. The second-order valence-corrected chi connectivity index (χ2v) is 8.09. The molecular formula is C24H22N4O2S. The first kappa shape index (κ1) is 20.7. The number of benzene rings is 3. The van der Waals surface area contributed by atoms with Gasteiger partial charge in [-0.05, 0) is 49.7 Å². The molecule has 1 heterocycles. The number of hydrogen-bond donors (Lipinski definition) is 2. The van der Waals surface area contributed by atoms with E-state index < -0.39 is 0 Å². The zero-order valence-corrected chi connectivity index (χ0v) is 18.1. The van der Waals surface area contributed by atoms with Crippen LogP contribution in [0.25, 0.3) is 17.1 Å². The molecule has 0 fully saturated rings. The van der Waals surface area contributed by atoms with Gasteiger partial charge in [0.15, 0.2) is 11.0 Å². The van der Waals surface area contributed by atoms with Crippen molar-refractivity contribution in [3.05, 3.63) is 83.9 Å². The molecule has 31 heavy (non-hydrogen) atoms. The smallest absolute Gasteiger partial charge is 0.234 e. The van der Waals surface area contributed by atoms with Gasteiger partial charge in [-0.25, -0.2) is 0 Å². The average Bonchev–Trinajstić information content (AvgIpc) is 3.18. The number of phenolic OH excluding ortho intramolecular Hbond substituents is 1. The van der Waals surface area contributed by atoms with Gasteiger partial charge in [0.05, 0.1) is 11.3 Å². The summed E-state index contributed by atoms with van der Waals surface area (Å²) in [4.78, 5) is 12.5. The number of anilines is 1. The number of carbonyl (C=O) groups excluding carboxylic acids is 1. The molecule has 4 aromatic rings. The number of aryl methyl sites for hydroxylation is 2. The lowest BCUT2D eigenvalue weighted by molar-refractivity contribution is -0.113. The van der Waals surface area contributed by atoms with Crippen molar-refractivity contribution in [3.63, 3.8) is 0 Å². The molecule has 156 valence electrons. The van der Waals surface area contributed by atoms with E-state index in [0.29, 0.717) is 16.5 Å². The van der Waals surface area contributed by atoms with Gasteiger partial charge in [-0.15, -0.1) is 10.2 Å². The summed E-state index contributed by atoms with van der Waals surface area (Å²) in [5, 5.41) is 22.5. The Morgan fingerprint density at radius 1 is 0.968 bits per heavy atom. The molecule has 0 aliphatic heterocycles. The van der Waals surface area contributed by atoms with Crippen molar-refractivity contribution in [2.24, 2.45) is 0 Å². The average molecular weight is 431 g/mol. The van der Waals surface area contributed by atoms with Gasteiger partial charge < -0.3 is 10.4 Å². The quantitative estimate of drug-likeness (QED) is 0.421. The van der Waals surface area contributed by atoms with Gasteiger partial charge >= 0.3 is 0 Å². The number of nitrogens with zero attached hydrogens (tertiary/aromatic N) is 3. The topological polar surface area (TPSA) is 80.0 Å². The molecule has 3 aromatic carbocycles. The summed E-state index contributed by atoms with van der Waals surface area (Å²) in [6, 6.07) is 22.6. The zero-order valence-electron chi connectivity index (χ0n) is 17.2. The highest BCUT2D eigenvalue weighted by Gasteiger charge is 2.19. The van der Waals surface area contributed by atoms with E-state index in [1.54, 1.807) is 18.2 Å². The second-order valence-electron chi connectivity index (χ2n) is 7.15. The van der Waals surface area contributed by atoms with E-state index in [-0.39, 0.29) is 17.4 Å². The van der Waals surface area contributed by atoms with Gasteiger partial charge in [0.2, 0.25) is 5.91 Å². The third-order valence-corrected chi connectivity index (χ3v) is 5.75. The van der Waals surface area contributed by atoms with Gasteiger partial charge in [-0.2, -0.15) is 0 Å². The van der Waals surface area contributed by atoms with Crippen molar-refractivity contribution in [2.75, 3.05) is 11.1 Å². The molecule has 1 aromatic heterocycles. The Morgan fingerprint density at radius 2 is 1.68 bits per heavy atom.